The van der Waals surface area contributed by atoms with Crippen LogP contribution in [0, 0.1) is 0 Å². The number of alkyl halides is 13. The molecule has 1 amide bonds. The summed E-state index contributed by atoms with van der Waals surface area (Å²) in [5.41, 5.74) is -5.21. The Morgan fingerprint density at radius 2 is 0.959 bits per heavy atom. The van der Waals surface area contributed by atoms with E-state index in [2.05, 4.69) is 4.74 Å². The average molecular weight is 737 g/mol. The van der Waals surface area contributed by atoms with Crippen molar-refractivity contribution >= 4 is 36.8 Å². The number of rotatable bonds is 8. The lowest BCUT2D eigenvalue weighted by molar-refractivity contribution is -0.538. The van der Waals surface area contributed by atoms with Gasteiger partial charge in [0.25, 0.3) is 0 Å². The maximum absolute atomic E-state index is 15.5. The van der Waals surface area contributed by atoms with Crippen molar-refractivity contribution in [3.8, 4) is 0 Å². The Balaban J connectivity index is 2.17. The van der Waals surface area contributed by atoms with Gasteiger partial charge in [-0.15, -0.1) is 13.2 Å². The van der Waals surface area contributed by atoms with Crippen molar-refractivity contribution in [1.29, 1.82) is 0 Å². The quantitative estimate of drug-likeness (QED) is 0.245. The summed E-state index contributed by atoms with van der Waals surface area (Å²) in [6, 6.07) is 2.97. The summed E-state index contributed by atoms with van der Waals surface area (Å²) in [4.78, 5) is 12.6. The van der Waals surface area contributed by atoms with Gasteiger partial charge in [-0.2, -0.15) is 43.9 Å². The van der Waals surface area contributed by atoms with Crippen molar-refractivity contribution in [2.24, 2.45) is 0 Å². The molecule has 2 atom stereocenters. The molecule has 0 aliphatic carbocycles. The van der Waals surface area contributed by atoms with E-state index in [-0.39, 0.29) is 15.8 Å². The molecule has 1 aromatic carbocycles. The van der Waals surface area contributed by atoms with Gasteiger partial charge in [-0.25, -0.2) is 4.74 Å². The second-order valence-corrected chi connectivity index (χ2v) is 13.3. The summed E-state index contributed by atoms with van der Waals surface area (Å²) in [7, 11) is -2.42. The number of carbonyl (C=O) groups excluding carboxylic acids is 1. The van der Waals surface area contributed by atoms with Crippen LogP contribution in [-0.4, -0.2) is 86.1 Å². The standard InChI is InChI=1S/C26H30B2F13NO7/c1-17(2)18(3,4)47-27(46-17)13-10-14(28-48-19(5,6)20(7,8)49-28)12-15(11-13)42(9)16(43)21(29,23(31,32)33)44-25(37,38)22(30,24(34,35)36)45-26(39,40)41/h10-12H,1-9H3. The lowest BCUT2D eigenvalue weighted by atomic mass is 9.71. The Bertz CT molecular complexity index is 1350. The Morgan fingerprint density at radius 3 is 1.24 bits per heavy atom. The maximum Gasteiger partial charge on any atom is 0.525 e. The number of nitrogens with zero attached hydrogens (tertiary/aromatic N) is 1. The average Bonchev–Trinajstić information content (AvgIpc) is 3.24. The number of hydrogen-bond donors (Lipinski definition) is 0. The van der Waals surface area contributed by atoms with E-state index in [1.54, 1.807) is 60.1 Å². The maximum atomic E-state index is 15.5. The zero-order valence-corrected chi connectivity index (χ0v) is 27.1. The highest BCUT2D eigenvalue weighted by atomic mass is 19.4. The molecular weight excluding hydrogens is 707 g/mol. The summed E-state index contributed by atoms with van der Waals surface area (Å²) < 4.78 is 205. The molecule has 0 N–H and O–H groups in total. The van der Waals surface area contributed by atoms with Crippen molar-refractivity contribution in [2.75, 3.05) is 11.9 Å². The molecule has 0 bridgehead atoms. The van der Waals surface area contributed by atoms with Crippen LogP contribution < -0.4 is 15.8 Å². The van der Waals surface area contributed by atoms with Gasteiger partial charge in [-0.05, 0) is 78.4 Å². The highest BCUT2D eigenvalue weighted by Crippen LogP contribution is 2.53. The molecule has 2 fully saturated rings. The van der Waals surface area contributed by atoms with Crippen molar-refractivity contribution in [3.05, 3.63) is 18.2 Å². The molecule has 2 saturated heterocycles. The minimum absolute atomic E-state index is 0.110. The van der Waals surface area contributed by atoms with E-state index < -0.39 is 84.8 Å². The lowest BCUT2D eigenvalue weighted by Crippen LogP contribution is -2.66. The van der Waals surface area contributed by atoms with Crippen LogP contribution in [0.5, 0.6) is 0 Å². The van der Waals surface area contributed by atoms with E-state index in [0.29, 0.717) is 7.05 Å². The number of hydrogen-bond acceptors (Lipinski definition) is 7. The van der Waals surface area contributed by atoms with Crippen molar-refractivity contribution < 1.29 is 90.0 Å². The monoisotopic (exact) mass is 737 g/mol. The largest absolute Gasteiger partial charge is 0.525 e. The third kappa shape index (κ3) is 7.38. The minimum atomic E-state index is -7.50. The predicted molar refractivity (Wildman–Crippen MR) is 144 cm³/mol. The van der Waals surface area contributed by atoms with Crippen LogP contribution in [0.15, 0.2) is 18.2 Å². The molecule has 2 aliphatic heterocycles. The number of benzene rings is 1. The van der Waals surface area contributed by atoms with Crippen LogP contribution in [0.25, 0.3) is 0 Å². The van der Waals surface area contributed by atoms with Gasteiger partial charge in [0.2, 0.25) is 0 Å². The van der Waals surface area contributed by atoms with E-state index in [1.807, 2.05) is 0 Å². The van der Waals surface area contributed by atoms with Crippen molar-refractivity contribution in [1.82, 2.24) is 0 Å². The highest BCUT2D eigenvalue weighted by Gasteiger charge is 2.82. The SMILES string of the molecule is CN(C(=O)C(F)(OC(F)(F)C(F)(OC(F)(F)F)C(F)(F)F)C(F)(F)F)c1cc(B2OC(C)(C)C(C)(C)O2)cc(B2OC(C)(C)C(C)(C)O2)c1. The van der Waals surface area contributed by atoms with Crippen molar-refractivity contribution in [2.45, 2.75) is 114 Å². The van der Waals surface area contributed by atoms with Crippen LogP contribution >= 0.6 is 0 Å². The summed E-state index contributed by atoms with van der Waals surface area (Å²) in [5.74, 6) is -17.4. The molecule has 2 unspecified atom stereocenters. The molecule has 8 nitrogen and oxygen atoms in total. The Morgan fingerprint density at radius 1 is 0.612 bits per heavy atom. The number of anilines is 1. The van der Waals surface area contributed by atoms with Gasteiger partial charge in [0.05, 0.1) is 22.4 Å². The minimum Gasteiger partial charge on any atom is -0.399 e. The zero-order valence-electron chi connectivity index (χ0n) is 27.1. The molecule has 2 heterocycles. The first-order valence-corrected chi connectivity index (χ1v) is 13.9. The Hall–Kier alpha value is -2.33. The molecule has 49 heavy (non-hydrogen) atoms. The van der Waals surface area contributed by atoms with E-state index in [0.717, 1.165) is 12.1 Å². The van der Waals surface area contributed by atoms with Gasteiger partial charge < -0.3 is 23.5 Å². The molecule has 0 aromatic heterocycles. The van der Waals surface area contributed by atoms with E-state index >= 15 is 4.39 Å². The molecule has 3 rings (SSSR count). The summed E-state index contributed by atoms with van der Waals surface area (Å²) in [6.45, 7) is 12.8. The second kappa shape index (κ2) is 11.9. The summed E-state index contributed by atoms with van der Waals surface area (Å²) >= 11 is 0. The van der Waals surface area contributed by atoms with Crippen LogP contribution in [0.4, 0.5) is 62.8 Å². The molecule has 278 valence electrons. The summed E-state index contributed by atoms with van der Waals surface area (Å²) in [5, 5.41) is 0. The number of ether oxygens (including phenoxy) is 2. The number of amides is 1. The zero-order chi connectivity index (χ0) is 38.4. The van der Waals surface area contributed by atoms with Gasteiger partial charge in [-0.1, -0.05) is 6.07 Å². The smallest absolute Gasteiger partial charge is 0.399 e. The molecule has 0 spiro atoms. The fourth-order valence-electron chi connectivity index (χ4n) is 4.32. The molecule has 23 heteroatoms. The van der Waals surface area contributed by atoms with Crippen molar-refractivity contribution in [3.63, 3.8) is 0 Å². The second-order valence-electron chi connectivity index (χ2n) is 13.3. The molecular formula is C26H30B2F13NO7. The number of carbonyl (C=O) groups is 1. The third-order valence-electron chi connectivity index (χ3n) is 8.61. The van der Waals surface area contributed by atoms with Crippen LogP contribution in [0.1, 0.15) is 55.4 Å². The van der Waals surface area contributed by atoms with Gasteiger partial charge >= 0.3 is 56.7 Å². The molecule has 0 radical (unpaired) electrons. The molecule has 1 aromatic rings. The van der Waals surface area contributed by atoms with E-state index in [9.17, 15) is 57.5 Å². The Kier molecular flexibility index (Phi) is 9.94. The van der Waals surface area contributed by atoms with E-state index in [1.165, 1.54) is 6.07 Å². The first-order valence-electron chi connectivity index (χ1n) is 13.9. The third-order valence-corrected chi connectivity index (χ3v) is 8.61. The van der Waals surface area contributed by atoms with Crippen LogP contribution in [0.3, 0.4) is 0 Å². The first-order chi connectivity index (χ1) is 21.4. The fourth-order valence-corrected chi connectivity index (χ4v) is 4.32. The van der Waals surface area contributed by atoms with Gasteiger partial charge in [-0.3, -0.25) is 9.53 Å². The fraction of sp³-hybridized carbons (Fsp3) is 0.731. The van der Waals surface area contributed by atoms with Gasteiger partial charge in [0.15, 0.2) is 0 Å². The van der Waals surface area contributed by atoms with Crippen LogP contribution in [-0.2, 0) is 32.9 Å². The first kappa shape index (κ1) is 41.1. The number of likely N-dealkylation sites (N-methyl/N-ethyl adjacent to an activating group) is 1. The molecule has 0 saturated carbocycles. The highest BCUT2D eigenvalue weighted by molar-refractivity contribution is 6.66. The summed E-state index contributed by atoms with van der Waals surface area (Å²) in [6.07, 6.45) is -29.0. The number of halogens is 13. The predicted octanol–water partition coefficient (Wildman–Crippen LogP) is 5.85. The lowest BCUT2D eigenvalue weighted by Gasteiger charge is -2.38. The van der Waals surface area contributed by atoms with Gasteiger partial charge in [0, 0.05) is 12.7 Å². The van der Waals surface area contributed by atoms with E-state index in [4.69, 9.17) is 18.6 Å². The Labute approximate surface area is 271 Å². The normalized spacial score (nSPS) is 23.3. The van der Waals surface area contributed by atoms with Crippen LogP contribution in [0.2, 0.25) is 0 Å². The molecule has 2 aliphatic rings. The van der Waals surface area contributed by atoms with Gasteiger partial charge in [0.1, 0.15) is 0 Å². The topological polar surface area (TPSA) is 75.7 Å².